The smallest absolute Gasteiger partial charge is 0.262 e. The van der Waals surface area contributed by atoms with E-state index in [1.54, 1.807) is 29.2 Å². The summed E-state index contributed by atoms with van der Waals surface area (Å²) in [5, 5.41) is 0.561. The minimum Gasteiger partial charge on any atom is -0.376 e. The third-order valence-electron chi connectivity index (χ3n) is 5.92. The molecule has 0 N–H and O–H groups in total. The number of fused-ring (bicyclic) bond motifs is 2. The van der Waals surface area contributed by atoms with Crippen molar-refractivity contribution in [1.29, 1.82) is 0 Å². The first-order chi connectivity index (χ1) is 15.4. The van der Waals surface area contributed by atoms with E-state index in [1.165, 1.54) is 11.3 Å². The topological polar surface area (TPSA) is 79.8 Å². The monoisotopic (exact) mass is 449 g/mol. The number of imide groups is 1. The zero-order chi connectivity index (χ0) is 22.4. The minimum absolute atomic E-state index is 0.0871. The van der Waals surface area contributed by atoms with Crippen molar-refractivity contribution in [3.63, 3.8) is 0 Å². The van der Waals surface area contributed by atoms with E-state index in [0.717, 1.165) is 39.1 Å². The van der Waals surface area contributed by atoms with Crippen molar-refractivity contribution in [3.05, 3.63) is 58.7 Å². The summed E-state index contributed by atoms with van der Waals surface area (Å²) in [7, 11) is 0. The number of nitrogens with zero attached hydrogens (tertiary/aromatic N) is 3. The summed E-state index contributed by atoms with van der Waals surface area (Å²) in [5.41, 5.74) is 3.72. The Morgan fingerprint density at radius 2 is 1.91 bits per heavy atom. The van der Waals surface area contributed by atoms with Crippen molar-refractivity contribution in [2.45, 2.75) is 32.8 Å². The van der Waals surface area contributed by atoms with Crippen LogP contribution in [0, 0.1) is 13.8 Å². The summed E-state index contributed by atoms with van der Waals surface area (Å²) in [6.07, 6.45) is 1.72. The zero-order valence-corrected chi connectivity index (χ0v) is 18.8. The number of carbonyl (C=O) groups is 3. The average molecular weight is 450 g/mol. The highest BCUT2D eigenvalue weighted by Crippen LogP contribution is 2.33. The molecule has 1 atom stereocenters. The Morgan fingerprint density at radius 1 is 1.19 bits per heavy atom. The van der Waals surface area contributed by atoms with Crippen molar-refractivity contribution in [1.82, 2.24) is 9.88 Å². The number of ether oxygens (including phenoxy) is 1. The Bertz CT molecular complexity index is 1210. The largest absolute Gasteiger partial charge is 0.376 e. The number of benzene rings is 2. The van der Waals surface area contributed by atoms with E-state index < -0.39 is 11.8 Å². The number of carbonyl (C=O) groups excluding carboxylic acids is 3. The van der Waals surface area contributed by atoms with Gasteiger partial charge in [-0.3, -0.25) is 24.2 Å². The first kappa shape index (κ1) is 20.8. The second kappa shape index (κ2) is 8.11. The third-order valence-corrected chi connectivity index (χ3v) is 7.15. The van der Waals surface area contributed by atoms with Crippen LogP contribution in [0.4, 0.5) is 5.13 Å². The molecule has 0 spiro atoms. The molecule has 3 amide bonds. The summed E-state index contributed by atoms with van der Waals surface area (Å²) in [4.78, 5) is 46.3. The summed E-state index contributed by atoms with van der Waals surface area (Å²) in [6.45, 7) is 4.74. The van der Waals surface area contributed by atoms with E-state index in [4.69, 9.17) is 9.72 Å². The quantitative estimate of drug-likeness (QED) is 0.555. The summed E-state index contributed by atoms with van der Waals surface area (Å²) in [5.74, 6) is -1.22. The Morgan fingerprint density at radius 3 is 2.56 bits per heavy atom. The fourth-order valence-electron chi connectivity index (χ4n) is 4.36. The van der Waals surface area contributed by atoms with Crippen molar-refractivity contribution in [2.24, 2.45) is 0 Å². The van der Waals surface area contributed by atoms with Crippen molar-refractivity contribution in [3.8, 4) is 0 Å². The minimum atomic E-state index is -0.438. The predicted octanol–water partition coefficient (Wildman–Crippen LogP) is 3.72. The Hall–Kier alpha value is -3.10. The first-order valence-corrected chi connectivity index (χ1v) is 11.5. The average Bonchev–Trinajstić information content (AvgIpc) is 3.48. The van der Waals surface area contributed by atoms with Crippen LogP contribution in [-0.2, 0) is 9.53 Å². The van der Waals surface area contributed by atoms with E-state index in [2.05, 4.69) is 6.07 Å². The molecule has 1 aromatic heterocycles. The zero-order valence-electron chi connectivity index (χ0n) is 18.0. The van der Waals surface area contributed by atoms with E-state index in [9.17, 15) is 14.4 Å². The Labute approximate surface area is 189 Å². The molecule has 0 radical (unpaired) electrons. The summed E-state index contributed by atoms with van der Waals surface area (Å²) in [6, 6.07) is 10.7. The van der Waals surface area contributed by atoms with Gasteiger partial charge in [-0.2, -0.15) is 0 Å². The molecule has 2 aliphatic rings. The van der Waals surface area contributed by atoms with Gasteiger partial charge in [0.2, 0.25) is 5.91 Å². The molecule has 3 heterocycles. The molecule has 8 heteroatoms. The molecule has 2 aliphatic heterocycles. The van der Waals surface area contributed by atoms with Crippen LogP contribution >= 0.6 is 11.3 Å². The normalized spacial score (nSPS) is 17.9. The van der Waals surface area contributed by atoms with Gasteiger partial charge in [0.05, 0.1) is 34.0 Å². The number of rotatable bonds is 5. The molecule has 164 valence electrons. The van der Waals surface area contributed by atoms with E-state index in [0.29, 0.717) is 29.4 Å². The SMILES string of the molecule is Cc1cc(C)c2sc(N(CC3CCCO3)C(=O)CN3C(=O)c4ccccc4C3=O)nc2c1. The van der Waals surface area contributed by atoms with Crippen LogP contribution in [0.15, 0.2) is 36.4 Å². The molecule has 0 aliphatic carbocycles. The van der Waals surface area contributed by atoms with Gasteiger partial charge < -0.3 is 4.74 Å². The van der Waals surface area contributed by atoms with Crippen molar-refractivity contribution < 1.29 is 19.1 Å². The van der Waals surface area contributed by atoms with Crippen LogP contribution in [0.5, 0.6) is 0 Å². The molecule has 7 nitrogen and oxygen atoms in total. The Kier molecular flexibility index (Phi) is 5.27. The molecule has 32 heavy (non-hydrogen) atoms. The van der Waals surface area contributed by atoms with Gasteiger partial charge in [0, 0.05) is 6.61 Å². The lowest BCUT2D eigenvalue weighted by Gasteiger charge is -2.25. The highest BCUT2D eigenvalue weighted by molar-refractivity contribution is 7.22. The number of aromatic nitrogens is 1. The molecule has 1 fully saturated rings. The first-order valence-electron chi connectivity index (χ1n) is 10.7. The molecule has 0 bridgehead atoms. The number of hydrogen-bond acceptors (Lipinski definition) is 6. The van der Waals surface area contributed by atoms with Crippen molar-refractivity contribution in [2.75, 3.05) is 24.6 Å². The van der Waals surface area contributed by atoms with Crippen LogP contribution in [0.2, 0.25) is 0 Å². The molecular weight excluding hydrogens is 426 g/mol. The number of amides is 3. The van der Waals surface area contributed by atoms with Crippen LogP contribution in [0.25, 0.3) is 10.2 Å². The van der Waals surface area contributed by atoms with Gasteiger partial charge in [-0.1, -0.05) is 29.5 Å². The number of thiazole rings is 1. The van der Waals surface area contributed by atoms with Crippen LogP contribution in [0.1, 0.15) is 44.7 Å². The van der Waals surface area contributed by atoms with Gasteiger partial charge in [-0.25, -0.2) is 4.98 Å². The lowest BCUT2D eigenvalue weighted by Crippen LogP contribution is -2.45. The summed E-state index contributed by atoms with van der Waals surface area (Å²) >= 11 is 1.45. The summed E-state index contributed by atoms with van der Waals surface area (Å²) < 4.78 is 6.79. The highest BCUT2D eigenvalue weighted by Gasteiger charge is 2.38. The number of aryl methyl sites for hydroxylation is 2. The lowest BCUT2D eigenvalue weighted by atomic mass is 10.1. The van der Waals surface area contributed by atoms with Crippen LogP contribution in [0.3, 0.4) is 0 Å². The second-order valence-corrected chi connectivity index (χ2v) is 9.29. The maximum Gasteiger partial charge on any atom is 0.262 e. The van der Waals surface area contributed by atoms with E-state index in [1.807, 2.05) is 19.9 Å². The lowest BCUT2D eigenvalue weighted by molar-refractivity contribution is -0.119. The van der Waals surface area contributed by atoms with Crippen LogP contribution < -0.4 is 4.90 Å². The van der Waals surface area contributed by atoms with Crippen molar-refractivity contribution >= 4 is 44.4 Å². The predicted molar refractivity (Wildman–Crippen MR) is 122 cm³/mol. The van der Waals surface area contributed by atoms with Gasteiger partial charge in [-0.15, -0.1) is 0 Å². The molecule has 1 unspecified atom stereocenters. The molecule has 2 aromatic carbocycles. The standard InChI is InChI=1S/C24H23N3O4S/c1-14-10-15(2)21-19(11-14)25-24(32-21)26(12-16-6-5-9-31-16)20(28)13-27-22(29)17-7-3-4-8-18(17)23(27)30/h3-4,7-8,10-11,16H,5-6,9,12-13H2,1-2H3. The second-order valence-electron chi connectivity index (χ2n) is 8.31. The van der Waals surface area contributed by atoms with Gasteiger partial charge in [0.15, 0.2) is 5.13 Å². The fraction of sp³-hybridized carbons (Fsp3) is 0.333. The third kappa shape index (κ3) is 3.59. The van der Waals surface area contributed by atoms with Gasteiger partial charge >= 0.3 is 0 Å². The van der Waals surface area contributed by atoms with E-state index in [-0.39, 0.29) is 18.6 Å². The number of anilines is 1. The molecule has 1 saturated heterocycles. The van der Waals surface area contributed by atoms with Gasteiger partial charge in [0.1, 0.15) is 6.54 Å². The molecular formula is C24H23N3O4S. The van der Waals surface area contributed by atoms with Gasteiger partial charge in [-0.05, 0) is 56.0 Å². The van der Waals surface area contributed by atoms with E-state index >= 15 is 0 Å². The highest BCUT2D eigenvalue weighted by atomic mass is 32.1. The van der Waals surface area contributed by atoms with Gasteiger partial charge in [0.25, 0.3) is 11.8 Å². The molecule has 0 saturated carbocycles. The molecule has 3 aromatic rings. The number of hydrogen-bond donors (Lipinski definition) is 0. The fourth-order valence-corrected chi connectivity index (χ4v) is 5.40. The maximum absolute atomic E-state index is 13.4. The molecule has 5 rings (SSSR count). The van der Waals surface area contributed by atoms with Crippen LogP contribution in [-0.4, -0.2) is 53.4 Å². The maximum atomic E-state index is 13.4. The Balaban J connectivity index is 1.46.